The van der Waals surface area contributed by atoms with E-state index in [9.17, 15) is 17.6 Å². The van der Waals surface area contributed by atoms with Gasteiger partial charge in [0.05, 0.1) is 26.9 Å². The summed E-state index contributed by atoms with van der Waals surface area (Å²) >= 11 is 1.58. The molecule has 2 aromatic carbocycles. The van der Waals surface area contributed by atoms with Crippen molar-refractivity contribution in [3.63, 3.8) is 0 Å². The summed E-state index contributed by atoms with van der Waals surface area (Å²) in [5.41, 5.74) is 0.917. The summed E-state index contributed by atoms with van der Waals surface area (Å²) in [7, 11) is -3.63. The summed E-state index contributed by atoms with van der Waals surface area (Å²) in [5.74, 6) is -0.973. The molecule has 1 aromatic heterocycles. The number of nitrogens with zero attached hydrogens (tertiary/aromatic N) is 2. The lowest BCUT2D eigenvalue weighted by Crippen LogP contribution is -2.31. The molecule has 8 heteroatoms. The number of hydrogen-bond acceptors (Lipinski definition) is 5. The highest BCUT2D eigenvalue weighted by Gasteiger charge is 2.32. The summed E-state index contributed by atoms with van der Waals surface area (Å²) in [5, 5.41) is 0.897. The summed E-state index contributed by atoms with van der Waals surface area (Å²) in [4.78, 5) is 19.2. The number of aromatic nitrogens is 1. The van der Waals surface area contributed by atoms with Crippen LogP contribution in [0.1, 0.15) is 30.3 Å². The monoisotopic (exact) mass is 418 g/mol. The molecular weight excluding hydrogens is 399 g/mol. The van der Waals surface area contributed by atoms with Crippen LogP contribution in [0, 0.1) is 5.82 Å². The fourth-order valence-corrected chi connectivity index (χ4v) is 5.82. The van der Waals surface area contributed by atoms with Crippen molar-refractivity contribution in [3.8, 4) is 0 Å². The average Bonchev–Trinajstić information content (AvgIpc) is 3.33. The molecule has 4 rings (SSSR count). The Bertz CT molecular complexity index is 1080. The molecule has 1 fully saturated rings. The van der Waals surface area contributed by atoms with Crippen LogP contribution in [0.25, 0.3) is 10.2 Å². The maximum absolute atomic E-state index is 13.0. The number of carbonyl (C=O) groups excluding carboxylic acids is 1. The van der Waals surface area contributed by atoms with Gasteiger partial charge in [0.2, 0.25) is 5.91 Å². The molecule has 0 radical (unpaired) electrons. The van der Waals surface area contributed by atoms with Crippen molar-refractivity contribution in [1.82, 2.24) is 9.88 Å². The van der Waals surface area contributed by atoms with Gasteiger partial charge in [-0.1, -0.05) is 12.1 Å². The number of fused-ring (bicyclic) bond motifs is 1. The van der Waals surface area contributed by atoms with Crippen molar-refractivity contribution in [3.05, 3.63) is 59.4 Å². The van der Waals surface area contributed by atoms with Gasteiger partial charge in [-0.3, -0.25) is 4.79 Å². The smallest absolute Gasteiger partial charge is 0.224 e. The van der Waals surface area contributed by atoms with Gasteiger partial charge >= 0.3 is 0 Å². The van der Waals surface area contributed by atoms with Crippen LogP contribution in [0.2, 0.25) is 0 Å². The number of amides is 1. The van der Waals surface area contributed by atoms with E-state index in [4.69, 9.17) is 0 Å². The second-order valence-electron chi connectivity index (χ2n) is 6.79. The van der Waals surface area contributed by atoms with Gasteiger partial charge in [-0.05, 0) is 49.2 Å². The Morgan fingerprint density at radius 2 is 1.93 bits per heavy atom. The standard InChI is InChI=1S/C20H19FN2O3S2/c21-14-7-9-15(10-8-14)28(25,26)13-11-19(24)23-12-3-5-17(23)20-22-16-4-1-2-6-18(16)27-20/h1-2,4,6-10,17H,3,5,11-13H2/t17-/m1/s1. The highest BCUT2D eigenvalue weighted by molar-refractivity contribution is 7.91. The first-order valence-corrected chi connectivity index (χ1v) is 11.5. The van der Waals surface area contributed by atoms with E-state index in [-0.39, 0.29) is 29.0 Å². The fourth-order valence-electron chi connectivity index (χ4n) is 3.48. The minimum atomic E-state index is -3.63. The Labute approximate surface area is 166 Å². The lowest BCUT2D eigenvalue weighted by Gasteiger charge is -2.23. The van der Waals surface area contributed by atoms with E-state index < -0.39 is 15.7 Å². The van der Waals surface area contributed by atoms with Crippen LogP contribution in [0.5, 0.6) is 0 Å². The van der Waals surface area contributed by atoms with E-state index in [0.29, 0.717) is 6.54 Å². The van der Waals surface area contributed by atoms with Crippen LogP contribution in [0.15, 0.2) is 53.4 Å². The molecule has 5 nitrogen and oxygen atoms in total. The third kappa shape index (κ3) is 3.79. The summed E-state index contributed by atoms with van der Waals surface area (Å²) in [6.45, 7) is 0.607. The van der Waals surface area contributed by atoms with E-state index in [1.165, 1.54) is 12.1 Å². The van der Waals surface area contributed by atoms with Crippen LogP contribution in [0.4, 0.5) is 4.39 Å². The van der Waals surface area contributed by atoms with Gasteiger partial charge in [0, 0.05) is 13.0 Å². The first-order valence-electron chi connectivity index (χ1n) is 9.07. The molecule has 0 spiro atoms. The Kier molecular flexibility index (Phi) is 5.16. The number of carbonyl (C=O) groups is 1. The van der Waals surface area contributed by atoms with E-state index in [1.807, 2.05) is 24.3 Å². The summed E-state index contributed by atoms with van der Waals surface area (Å²) < 4.78 is 38.9. The first kappa shape index (κ1) is 19.0. The number of rotatable bonds is 5. The fraction of sp³-hybridized carbons (Fsp3) is 0.300. The average molecular weight is 419 g/mol. The zero-order chi connectivity index (χ0) is 19.7. The highest BCUT2D eigenvalue weighted by Crippen LogP contribution is 2.36. The molecule has 0 bridgehead atoms. The molecule has 2 heterocycles. The number of hydrogen-bond donors (Lipinski definition) is 0. The topological polar surface area (TPSA) is 67.3 Å². The van der Waals surface area contributed by atoms with Gasteiger partial charge in [0.25, 0.3) is 0 Å². The van der Waals surface area contributed by atoms with Crippen molar-refractivity contribution in [2.24, 2.45) is 0 Å². The molecule has 0 N–H and O–H groups in total. The molecule has 3 aromatic rings. The molecule has 1 aliphatic rings. The highest BCUT2D eigenvalue weighted by atomic mass is 32.2. The van der Waals surface area contributed by atoms with Crippen LogP contribution in [-0.4, -0.2) is 36.5 Å². The number of para-hydroxylation sites is 1. The Morgan fingerprint density at radius 1 is 1.18 bits per heavy atom. The van der Waals surface area contributed by atoms with E-state index in [1.54, 1.807) is 16.2 Å². The minimum Gasteiger partial charge on any atom is -0.333 e. The number of benzene rings is 2. The number of halogens is 1. The van der Waals surface area contributed by atoms with Gasteiger partial charge in [0.15, 0.2) is 9.84 Å². The molecule has 1 amide bonds. The van der Waals surface area contributed by atoms with Crippen molar-refractivity contribution < 1.29 is 17.6 Å². The minimum absolute atomic E-state index is 0.0332. The van der Waals surface area contributed by atoms with Gasteiger partial charge < -0.3 is 4.90 Å². The molecule has 1 atom stereocenters. The zero-order valence-electron chi connectivity index (χ0n) is 15.0. The maximum Gasteiger partial charge on any atom is 0.224 e. The van der Waals surface area contributed by atoms with Crippen molar-refractivity contribution >= 4 is 37.3 Å². The molecule has 1 aliphatic heterocycles. The van der Waals surface area contributed by atoms with Gasteiger partial charge in [-0.2, -0.15) is 0 Å². The van der Waals surface area contributed by atoms with Crippen molar-refractivity contribution in [1.29, 1.82) is 0 Å². The molecule has 146 valence electrons. The first-order chi connectivity index (χ1) is 13.4. The van der Waals surface area contributed by atoms with E-state index >= 15 is 0 Å². The third-order valence-electron chi connectivity index (χ3n) is 4.93. The molecule has 1 saturated heterocycles. The Morgan fingerprint density at radius 3 is 2.68 bits per heavy atom. The van der Waals surface area contributed by atoms with Crippen LogP contribution in [-0.2, 0) is 14.6 Å². The van der Waals surface area contributed by atoms with Crippen LogP contribution < -0.4 is 0 Å². The molecule has 28 heavy (non-hydrogen) atoms. The van der Waals surface area contributed by atoms with Crippen molar-refractivity contribution in [2.45, 2.75) is 30.2 Å². The summed E-state index contributed by atoms with van der Waals surface area (Å²) in [6.07, 6.45) is 1.61. The maximum atomic E-state index is 13.0. The predicted molar refractivity (Wildman–Crippen MR) is 106 cm³/mol. The summed E-state index contributed by atoms with van der Waals surface area (Å²) in [6, 6.07) is 12.4. The third-order valence-corrected chi connectivity index (χ3v) is 7.80. The lowest BCUT2D eigenvalue weighted by molar-refractivity contribution is -0.131. The van der Waals surface area contributed by atoms with Gasteiger partial charge in [0.1, 0.15) is 10.8 Å². The van der Waals surface area contributed by atoms with E-state index in [2.05, 4.69) is 4.98 Å². The Balaban J connectivity index is 1.47. The van der Waals surface area contributed by atoms with Crippen LogP contribution >= 0.6 is 11.3 Å². The number of thiazole rings is 1. The SMILES string of the molecule is O=C(CCS(=O)(=O)c1ccc(F)cc1)N1CCC[C@@H]1c1nc2ccccc2s1. The lowest BCUT2D eigenvalue weighted by atomic mass is 10.2. The predicted octanol–water partition coefficient (Wildman–Crippen LogP) is 3.96. The van der Waals surface area contributed by atoms with Crippen LogP contribution in [0.3, 0.4) is 0 Å². The molecule has 0 aliphatic carbocycles. The number of likely N-dealkylation sites (tertiary alicyclic amines) is 1. The molecular formula is C20H19FN2O3S2. The number of sulfone groups is 1. The molecule has 0 saturated carbocycles. The van der Waals surface area contributed by atoms with Crippen molar-refractivity contribution in [2.75, 3.05) is 12.3 Å². The molecule has 0 unspecified atom stereocenters. The zero-order valence-corrected chi connectivity index (χ0v) is 16.7. The van der Waals surface area contributed by atoms with Gasteiger partial charge in [-0.25, -0.2) is 17.8 Å². The Hall–Kier alpha value is -2.32. The second-order valence-corrected chi connectivity index (χ2v) is 9.96. The quantitative estimate of drug-likeness (QED) is 0.588. The van der Waals surface area contributed by atoms with E-state index in [0.717, 1.165) is 40.2 Å². The normalized spacial score (nSPS) is 17.3. The second kappa shape index (κ2) is 7.60. The largest absolute Gasteiger partial charge is 0.333 e. The van der Waals surface area contributed by atoms with Gasteiger partial charge in [-0.15, -0.1) is 11.3 Å².